The monoisotopic (exact) mass is 340 g/mol. The highest BCUT2D eigenvalue weighted by molar-refractivity contribution is 5.98. The summed E-state index contributed by atoms with van der Waals surface area (Å²) in [5.74, 6) is 0.840. The van der Waals surface area contributed by atoms with Crippen LogP contribution in [0.4, 0.5) is 0 Å². The maximum absolute atomic E-state index is 12.5. The van der Waals surface area contributed by atoms with Crippen LogP contribution in [0.5, 0.6) is 5.75 Å². The summed E-state index contributed by atoms with van der Waals surface area (Å²) in [7, 11) is 1.60. The molecule has 128 valence electrons. The van der Waals surface area contributed by atoms with E-state index in [1.54, 1.807) is 31.4 Å². The van der Waals surface area contributed by atoms with E-state index in [4.69, 9.17) is 10.5 Å². The highest BCUT2D eigenvalue weighted by atomic mass is 35.5. The lowest BCUT2D eigenvalue weighted by Gasteiger charge is -2.32. The first-order valence-electron chi connectivity index (χ1n) is 7.74. The fourth-order valence-electron chi connectivity index (χ4n) is 2.77. The van der Waals surface area contributed by atoms with E-state index < -0.39 is 0 Å². The molecule has 1 atom stereocenters. The molecule has 0 radical (unpaired) electrons. The van der Waals surface area contributed by atoms with Gasteiger partial charge in [0.25, 0.3) is 0 Å². The number of Topliss-reactive ketones (excluding diaryl/α,β-unsaturated/α-hetero) is 1. The Labute approximate surface area is 143 Å². The molecule has 2 N–H and O–H groups in total. The molecule has 1 heterocycles. The number of hydrogen-bond acceptors (Lipinski definition) is 4. The molecular formula is C17H25ClN2O3. The van der Waals surface area contributed by atoms with Crippen molar-refractivity contribution in [1.29, 1.82) is 0 Å². The molecule has 1 aromatic rings. The summed E-state index contributed by atoms with van der Waals surface area (Å²) in [6, 6.07) is 7.20. The van der Waals surface area contributed by atoms with Crippen molar-refractivity contribution in [1.82, 2.24) is 4.90 Å². The second-order valence-electron chi connectivity index (χ2n) is 5.83. The normalized spacial score (nSPS) is 16.4. The second kappa shape index (κ2) is 8.89. The van der Waals surface area contributed by atoms with Gasteiger partial charge in [-0.05, 0) is 37.1 Å². The van der Waals surface area contributed by atoms with E-state index in [2.05, 4.69) is 0 Å². The summed E-state index contributed by atoms with van der Waals surface area (Å²) in [6.07, 6.45) is 1.43. The Bertz CT molecular complexity index is 525. The van der Waals surface area contributed by atoms with Crippen LogP contribution in [-0.2, 0) is 4.79 Å². The molecule has 1 saturated heterocycles. The van der Waals surface area contributed by atoms with Gasteiger partial charge >= 0.3 is 0 Å². The molecular weight excluding hydrogens is 316 g/mol. The van der Waals surface area contributed by atoms with Gasteiger partial charge in [0.15, 0.2) is 5.78 Å². The summed E-state index contributed by atoms with van der Waals surface area (Å²) >= 11 is 0. The number of rotatable bonds is 5. The first-order chi connectivity index (χ1) is 10.6. The fraction of sp³-hybridized carbons (Fsp3) is 0.529. The molecule has 0 aliphatic carbocycles. The zero-order chi connectivity index (χ0) is 16.1. The van der Waals surface area contributed by atoms with Crippen LogP contribution in [0.25, 0.3) is 0 Å². The van der Waals surface area contributed by atoms with Crippen molar-refractivity contribution < 1.29 is 14.3 Å². The highest BCUT2D eigenvalue weighted by Crippen LogP contribution is 2.23. The van der Waals surface area contributed by atoms with Crippen LogP contribution in [-0.4, -0.2) is 43.3 Å². The molecule has 0 bridgehead atoms. The van der Waals surface area contributed by atoms with Crippen molar-refractivity contribution in [3.63, 3.8) is 0 Å². The van der Waals surface area contributed by atoms with Crippen molar-refractivity contribution in [2.75, 3.05) is 26.7 Å². The van der Waals surface area contributed by atoms with Gasteiger partial charge in [-0.2, -0.15) is 0 Å². The molecule has 1 amide bonds. The Morgan fingerprint density at radius 3 is 2.30 bits per heavy atom. The SMILES string of the molecule is COc1ccc(C(=O)C2CCN(C(=O)C(C)CN)CC2)cc1.Cl. The number of ether oxygens (including phenoxy) is 1. The Balaban J connectivity index is 0.00000264. The number of amides is 1. The fourth-order valence-corrected chi connectivity index (χ4v) is 2.77. The zero-order valence-corrected chi connectivity index (χ0v) is 14.5. The predicted octanol–water partition coefficient (Wildman–Crippen LogP) is 2.13. The number of hydrogen-bond donors (Lipinski definition) is 1. The molecule has 0 aromatic heterocycles. The summed E-state index contributed by atoms with van der Waals surface area (Å²) in [5, 5.41) is 0. The molecule has 1 unspecified atom stereocenters. The molecule has 1 aliphatic rings. The number of piperidine rings is 1. The molecule has 23 heavy (non-hydrogen) atoms. The molecule has 5 nitrogen and oxygen atoms in total. The predicted molar refractivity (Wildman–Crippen MR) is 92.1 cm³/mol. The van der Waals surface area contributed by atoms with Crippen molar-refractivity contribution >= 4 is 24.1 Å². The number of carbonyl (C=O) groups excluding carboxylic acids is 2. The number of carbonyl (C=O) groups is 2. The molecule has 2 rings (SSSR count). The maximum Gasteiger partial charge on any atom is 0.226 e. The number of benzene rings is 1. The van der Waals surface area contributed by atoms with E-state index in [9.17, 15) is 9.59 Å². The smallest absolute Gasteiger partial charge is 0.226 e. The van der Waals surface area contributed by atoms with Gasteiger partial charge in [-0.25, -0.2) is 0 Å². The molecule has 1 aromatic carbocycles. The van der Waals surface area contributed by atoms with Crippen LogP contribution in [0, 0.1) is 11.8 Å². The van der Waals surface area contributed by atoms with Gasteiger partial charge in [-0.1, -0.05) is 6.92 Å². The second-order valence-corrected chi connectivity index (χ2v) is 5.83. The number of nitrogens with zero attached hydrogens (tertiary/aromatic N) is 1. The number of ketones is 1. The first kappa shape index (κ1) is 19.5. The molecule has 0 saturated carbocycles. The largest absolute Gasteiger partial charge is 0.497 e. The van der Waals surface area contributed by atoms with Crippen molar-refractivity contribution in [2.45, 2.75) is 19.8 Å². The minimum Gasteiger partial charge on any atom is -0.497 e. The lowest BCUT2D eigenvalue weighted by atomic mass is 9.88. The summed E-state index contributed by atoms with van der Waals surface area (Å²) < 4.78 is 5.10. The number of halogens is 1. The first-order valence-corrected chi connectivity index (χ1v) is 7.74. The minimum absolute atomic E-state index is 0. The topological polar surface area (TPSA) is 72.6 Å². The van der Waals surface area contributed by atoms with Gasteiger partial charge in [-0.3, -0.25) is 9.59 Å². The van der Waals surface area contributed by atoms with Crippen molar-refractivity contribution in [2.24, 2.45) is 17.6 Å². The lowest BCUT2D eigenvalue weighted by molar-refractivity contribution is -0.135. The molecule has 1 aliphatic heterocycles. The third kappa shape index (κ3) is 4.69. The Morgan fingerprint density at radius 1 is 1.26 bits per heavy atom. The van der Waals surface area contributed by atoms with E-state index in [1.165, 1.54) is 0 Å². The molecule has 1 fully saturated rings. The summed E-state index contributed by atoms with van der Waals surface area (Å²) in [4.78, 5) is 26.4. The van der Waals surface area contributed by atoms with Gasteiger partial charge in [0.1, 0.15) is 5.75 Å². The minimum atomic E-state index is -0.145. The van der Waals surface area contributed by atoms with E-state index in [0.717, 1.165) is 5.75 Å². The van der Waals surface area contributed by atoms with Crippen LogP contribution in [0.3, 0.4) is 0 Å². The third-order valence-electron chi connectivity index (χ3n) is 4.33. The highest BCUT2D eigenvalue weighted by Gasteiger charge is 2.29. The van der Waals surface area contributed by atoms with E-state index >= 15 is 0 Å². The quantitative estimate of drug-likeness (QED) is 0.833. The number of nitrogens with two attached hydrogens (primary N) is 1. The van der Waals surface area contributed by atoms with Crippen molar-refractivity contribution in [3.05, 3.63) is 29.8 Å². The molecule has 0 spiro atoms. The van der Waals surface area contributed by atoms with Gasteiger partial charge in [0.2, 0.25) is 5.91 Å². The number of likely N-dealkylation sites (tertiary alicyclic amines) is 1. The number of methoxy groups -OCH3 is 1. The van der Waals surface area contributed by atoms with Crippen LogP contribution < -0.4 is 10.5 Å². The average Bonchev–Trinajstić information content (AvgIpc) is 2.60. The molecule has 6 heteroatoms. The average molecular weight is 341 g/mol. The van der Waals surface area contributed by atoms with Gasteiger partial charge in [-0.15, -0.1) is 12.4 Å². The standard InChI is InChI=1S/C17H24N2O3.ClH/c1-12(11-18)17(21)19-9-7-14(8-10-19)16(20)13-3-5-15(22-2)6-4-13;/h3-6,12,14H,7-11,18H2,1-2H3;1H. The lowest BCUT2D eigenvalue weighted by Crippen LogP contribution is -2.44. The van der Waals surface area contributed by atoms with Gasteiger partial charge in [0, 0.05) is 37.0 Å². The van der Waals surface area contributed by atoms with E-state index in [0.29, 0.717) is 38.0 Å². The third-order valence-corrected chi connectivity index (χ3v) is 4.33. The Morgan fingerprint density at radius 2 is 1.83 bits per heavy atom. The van der Waals surface area contributed by atoms with Gasteiger partial charge < -0.3 is 15.4 Å². The van der Waals surface area contributed by atoms with E-state index in [-0.39, 0.29) is 35.9 Å². The van der Waals surface area contributed by atoms with Crippen LogP contribution in [0.15, 0.2) is 24.3 Å². The zero-order valence-electron chi connectivity index (χ0n) is 13.7. The van der Waals surface area contributed by atoms with Crippen LogP contribution >= 0.6 is 12.4 Å². The van der Waals surface area contributed by atoms with Gasteiger partial charge in [0.05, 0.1) is 7.11 Å². The van der Waals surface area contributed by atoms with Crippen LogP contribution in [0.1, 0.15) is 30.1 Å². The maximum atomic E-state index is 12.5. The van der Waals surface area contributed by atoms with E-state index in [1.807, 2.05) is 11.8 Å². The van der Waals surface area contributed by atoms with Crippen molar-refractivity contribution in [3.8, 4) is 5.75 Å². The van der Waals surface area contributed by atoms with Crippen LogP contribution in [0.2, 0.25) is 0 Å². The summed E-state index contributed by atoms with van der Waals surface area (Å²) in [6.45, 7) is 3.48. The Hall–Kier alpha value is -1.59. The Kier molecular flexibility index (Phi) is 7.52. The summed E-state index contributed by atoms with van der Waals surface area (Å²) in [5.41, 5.74) is 6.25.